The summed E-state index contributed by atoms with van der Waals surface area (Å²) in [6.45, 7) is 0. The third-order valence-corrected chi connectivity index (χ3v) is 4.42. The molecule has 106 valence electrons. The molecule has 0 aliphatic carbocycles. The van der Waals surface area contributed by atoms with Crippen molar-refractivity contribution in [3.05, 3.63) is 52.5 Å². The largest absolute Gasteiger partial charge is 0.399 e. The van der Waals surface area contributed by atoms with Gasteiger partial charge < -0.3 is 5.73 Å². The maximum atomic E-state index is 13.6. The number of nitrogens with two attached hydrogens (primary N) is 1. The Bertz CT molecular complexity index is 726. The zero-order valence-corrected chi connectivity index (χ0v) is 12.3. The quantitative estimate of drug-likeness (QED) is 0.824. The summed E-state index contributed by atoms with van der Waals surface area (Å²) in [5.41, 5.74) is 5.51. The Hall–Kier alpha value is -1.67. The fraction of sp³-hybridized carbons (Fsp3) is 0. The third kappa shape index (κ3) is 3.07. The van der Waals surface area contributed by atoms with Crippen LogP contribution in [0.1, 0.15) is 0 Å². The average molecular weight is 363 g/mol. The van der Waals surface area contributed by atoms with Gasteiger partial charge in [0.2, 0.25) is 0 Å². The minimum absolute atomic E-state index is 0.0333. The normalized spacial score (nSPS) is 11.3. The molecule has 2 rings (SSSR count). The summed E-state index contributed by atoms with van der Waals surface area (Å²) in [4.78, 5) is -0.0812. The first-order valence-electron chi connectivity index (χ1n) is 5.32. The highest BCUT2D eigenvalue weighted by molar-refractivity contribution is 9.10. The van der Waals surface area contributed by atoms with E-state index in [2.05, 4.69) is 20.7 Å². The van der Waals surface area contributed by atoms with Crippen molar-refractivity contribution in [2.45, 2.75) is 4.90 Å². The Balaban J connectivity index is 2.41. The standard InChI is InChI=1S/C12H9BrF2N2O2S/c13-10-5-7(14)6-11(15)12(10)17-20(18,19)9-3-1-8(16)2-4-9/h1-6,17H,16H2. The summed E-state index contributed by atoms with van der Waals surface area (Å²) >= 11 is 2.91. The van der Waals surface area contributed by atoms with E-state index in [1.165, 1.54) is 24.3 Å². The van der Waals surface area contributed by atoms with E-state index in [0.29, 0.717) is 11.8 Å². The molecule has 0 spiro atoms. The lowest BCUT2D eigenvalue weighted by Crippen LogP contribution is -2.14. The molecule has 0 amide bonds. The summed E-state index contributed by atoms with van der Waals surface area (Å²) in [7, 11) is -3.99. The van der Waals surface area contributed by atoms with Crippen molar-refractivity contribution in [2.75, 3.05) is 10.5 Å². The minimum Gasteiger partial charge on any atom is -0.399 e. The lowest BCUT2D eigenvalue weighted by atomic mass is 10.3. The molecule has 0 atom stereocenters. The number of sulfonamides is 1. The molecule has 3 N–H and O–H groups in total. The molecule has 0 saturated heterocycles. The monoisotopic (exact) mass is 362 g/mol. The van der Waals surface area contributed by atoms with E-state index in [-0.39, 0.29) is 15.1 Å². The molecule has 0 unspecified atom stereocenters. The molecule has 20 heavy (non-hydrogen) atoms. The molecule has 2 aromatic rings. The molecule has 0 bridgehead atoms. The molecule has 4 nitrogen and oxygen atoms in total. The molecule has 0 aliphatic rings. The van der Waals surface area contributed by atoms with E-state index in [1.807, 2.05) is 0 Å². The molecule has 0 radical (unpaired) electrons. The number of nitrogens with one attached hydrogen (secondary N) is 1. The van der Waals surface area contributed by atoms with Gasteiger partial charge in [-0.15, -0.1) is 0 Å². The number of hydrogen-bond donors (Lipinski definition) is 2. The molecule has 0 aliphatic heterocycles. The summed E-state index contributed by atoms with van der Waals surface area (Å²) in [6, 6.07) is 6.94. The fourth-order valence-electron chi connectivity index (χ4n) is 1.48. The number of rotatable bonds is 3. The SMILES string of the molecule is Nc1ccc(S(=O)(=O)Nc2c(F)cc(F)cc2Br)cc1. The number of anilines is 2. The topological polar surface area (TPSA) is 72.2 Å². The Labute approximate surface area is 122 Å². The van der Waals surface area contributed by atoms with Crippen LogP contribution >= 0.6 is 15.9 Å². The van der Waals surface area contributed by atoms with Gasteiger partial charge in [-0.25, -0.2) is 17.2 Å². The maximum absolute atomic E-state index is 13.6. The summed E-state index contributed by atoms with van der Waals surface area (Å²) in [6.07, 6.45) is 0. The van der Waals surface area contributed by atoms with Gasteiger partial charge >= 0.3 is 0 Å². The third-order valence-electron chi connectivity index (χ3n) is 2.43. The van der Waals surface area contributed by atoms with E-state index in [1.54, 1.807) is 0 Å². The van der Waals surface area contributed by atoms with Crippen LogP contribution < -0.4 is 10.5 Å². The van der Waals surface area contributed by atoms with E-state index in [4.69, 9.17) is 5.73 Å². The van der Waals surface area contributed by atoms with E-state index >= 15 is 0 Å². The average Bonchev–Trinajstić information content (AvgIpc) is 2.34. The van der Waals surface area contributed by atoms with Gasteiger partial charge in [-0.2, -0.15) is 0 Å². The van der Waals surface area contributed by atoms with E-state index in [9.17, 15) is 17.2 Å². The van der Waals surface area contributed by atoms with E-state index in [0.717, 1.165) is 6.07 Å². The van der Waals surface area contributed by atoms with E-state index < -0.39 is 21.7 Å². The van der Waals surface area contributed by atoms with Crippen molar-refractivity contribution >= 4 is 37.3 Å². The van der Waals surface area contributed by atoms with Crippen LogP contribution in [0.3, 0.4) is 0 Å². The second-order valence-electron chi connectivity index (χ2n) is 3.92. The first-order chi connectivity index (χ1) is 9.29. The number of nitrogen functional groups attached to an aromatic ring is 1. The number of halogens is 3. The van der Waals surface area contributed by atoms with Crippen LogP contribution in [-0.4, -0.2) is 8.42 Å². The van der Waals surface area contributed by atoms with Crippen molar-refractivity contribution < 1.29 is 17.2 Å². The highest BCUT2D eigenvalue weighted by Crippen LogP contribution is 2.29. The van der Waals surface area contributed by atoms with Gasteiger partial charge in [-0.1, -0.05) is 0 Å². The van der Waals surface area contributed by atoms with Crippen LogP contribution in [0.5, 0.6) is 0 Å². The first kappa shape index (κ1) is 14.7. The van der Waals surface area contributed by atoms with Crippen molar-refractivity contribution in [3.8, 4) is 0 Å². The Morgan fingerprint density at radius 2 is 1.70 bits per heavy atom. The molecule has 2 aromatic carbocycles. The van der Waals surface area contributed by atoms with Crippen molar-refractivity contribution in [1.82, 2.24) is 0 Å². The van der Waals surface area contributed by atoms with Gasteiger partial charge in [0, 0.05) is 16.2 Å². The highest BCUT2D eigenvalue weighted by Gasteiger charge is 2.19. The van der Waals surface area contributed by atoms with Gasteiger partial charge in [-0.05, 0) is 46.3 Å². The van der Waals surface area contributed by atoms with Gasteiger partial charge in [0.15, 0.2) is 5.82 Å². The summed E-state index contributed by atoms with van der Waals surface area (Å²) in [5.74, 6) is -1.83. The van der Waals surface area contributed by atoms with Gasteiger partial charge in [-0.3, -0.25) is 4.72 Å². The van der Waals surface area contributed by atoms with Crippen molar-refractivity contribution in [2.24, 2.45) is 0 Å². The molecule has 8 heteroatoms. The van der Waals surface area contributed by atoms with Gasteiger partial charge in [0.05, 0.1) is 10.6 Å². The van der Waals surface area contributed by atoms with Crippen molar-refractivity contribution in [3.63, 3.8) is 0 Å². The van der Waals surface area contributed by atoms with Crippen molar-refractivity contribution in [1.29, 1.82) is 0 Å². The molecular formula is C12H9BrF2N2O2S. The molecule has 0 aromatic heterocycles. The summed E-state index contributed by atoms with van der Waals surface area (Å²) < 4.78 is 52.7. The smallest absolute Gasteiger partial charge is 0.262 e. The van der Waals surface area contributed by atoms with Gasteiger partial charge in [0.25, 0.3) is 10.0 Å². The van der Waals surface area contributed by atoms with Crippen LogP contribution in [-0.2, 0) is 10.0 Å². The molecule has 0 heterocycles. The highest BCUT2D eigenvalue weighted by atomic mass is 79.9. The lowest BCUT2D eigenvalue weighted by Gasteiger charge is -2.11. The van der Waals surface area contributed by atoms with Crippen LogP contribution in [0.4, 0.5) is 20.2 Å². The number of hydrogen-bond acceptors (Lipinski definition) is 3. The maximum Gasteiger partial charge on any atom is 0.262 e. The molecule has 0 saturated carbocycles. The number of benzene rings is 2. The zero-order valence-electron chi connectivity index (χ0n) is 9.90. The lowest BCUT2D eigenvalue weighted by molar-refractivity contribution is 0.581. The van der Waals surface area contributed by atoms with Crippen LogP contribution in [0.15, 0.2) is 45.8 Å². The van der Waals surface area contributed by atoms with Crippen LogP contribution in [0.2, 0.25) is 0 Å². The minimum atomic E-state index is -3.99. The second kappa shape index (κ2) is 5.37. The molecule has 0 fully saturated rings. The van der Waals surface area contributed by atoms with Crippen LogP contribution in [0, 0.1) is 11.6 Å². The Morgan fingerprint density at radius 3 is 2.25 bits per heavy atom. The second-order valence-corrected chi connectivity index (χ2v) is 6.46. The fourth-order valence-corrected chi connectivity index (χ4v) is 3.21. The Kier molecular flexibility index (Phi) is 3.96. The summed E-state index contributed by atoms with van der Waals surface area (Å²) in [5, 5.41) is 0. The predicted molar refractivity (Wildman–Crippen MR) is 75.7 cm³/mol. The van der Waals surface area contributed by atoms with Crippen LogP contribution in [0.25, 0.3) is 0 Å². The predicted octanol–water partition coefficient (Wildman–Crippen LogP) is 3.11. The zero-order chi connectivity index (χ0) is 14.9. The molecular weight excluding hydrogens is 354 g/mol. The van der Waals surface area contributed by atoms with Gasteiger partial charge in [0.1, 0.15) is 5.82 Å². The first-order valence-corrected chi connectivity index (χ1v) is 7.60. The Morgan fingerprint density at radius 1 is 1.10 bits per heavy atom.